The van der Waals surface area contributed by atoms with E-state index >= 15 is 0 Å². The molecule has 2 aromatic carbocycles. The summed E-state index contributed by atoms with van der Waals surface area (Å²) in [6.07, 6.45) is 1.52. The maximum Gasteiger partial charge on any atom is 0.338 e. The van der Waals surface area contributed by atoms with Crippen LogP contribution in [-0.4, -0.2) is 36.3 Å². The second-order valence-electron chi connectivity index (χ2n) is 8.11. The number of anilines is 1. The Balaban J connectivity index is 1.96. The van der Waals surface area contributed by atoms with Gasteiger partial charge >= 0.3 is 5.97 Å². The number of phenols is 1. The number of esters is 1. The number of hydrogen-bond acceptors (Lipinski definition) is 7. The molecule has 4 rings (SSSR count). The van der Waals surface area contributed by atoms with Crippen LogP contribution in [0.2, 0.25) is 10.0 Å². The molecule has 182 valence electrons. The lowest BCUT2D eigenvalue weighted by Gasteiger charge is -2.25. The van der Waals surface area contributed by atoms with Gasteiger partial charge in [0.25, 0.3) is 5.56 Å². The number of allylic oxidation sites excluding steroid dienone is 1. The second kappa shape index (κ2) is 9.89. The van der Waals surface area contributed by atoms with E-state index in [0.717, 1.165) is 22.6 Å². The normalized spacial score (nSPS) is 15.6. The number of aromatic hydroxyl groups is 1. The van der Waals surface area contributed by atoms with Crippen LogP contribution in [0, 0.1) is 0 Å². The highest BCUT2D eigenvalue weighted by atomic mass is 35.5. The van der Waals surface area contributed by atoms with Crippen molar-refractivity contribution in [1.29, 1.82) is 0 Å². The van der Waals surface area contributed by atoms with Crippen LogP contribution < -0.4 is 19.8 Å². The summed E-state index contributed by atoms with van der Waals surface area (Å²) >= 11 is 13.3. The Morgan fingerprint density at radius 1 is 1.26 bits per heavy atom. The zero-order chi connectivity index (χ0) is 25.4. The molecule has 0 aliphatic carbocycles. The number of carbonyl (C=O) groups excluding carboxylic acids is 1. The lowest BCUT2D eigenvalue weighted by Crippen LogP contribution is -2.39. The van der Waals surface area contributed by atoms with Gasteiger partial charge in [0, 0.05) is 30.4 Å². The summed E-state index contributed by atoms with van der Waals surface area (Å²) in [6, 6.07) is 9.84. The van der Waals surface area contributed by atoms with Gasteiger partial charge in [0.2, 0.25) is 0 Å². The number of hydrogen-bond donors (Lipinski definition) is 1. The third-order valence-electron chi connectivity index (χ3n) is 5.59. The number of fused-ring (bicyclic) bond motifs is 1. The highest BCUT2D eigenvalue weighted by molar-refractivity contribution is 7.07. The molecule has 1 atom stereocenters. The van der Waals surface area contributed by atoms with Crippen LogP contribution in [0.25, 0.3) is 6.08 Å². The van der Waals surface area contributed by atoms with Gasteiger partial charge < -0.3 is 14.7 Å². The SMILES string of the molecule is CCOC(=O)C1=C(C)N=c2s/c(=C/c3cc(Cl)cc(Cl)c3O)c(=O)n2C1c1ccc(N(C)C)cc1. The molecule has 0 radical (unpaired) electrons. The fourth-order valence-corrected chi connectivity index (χ4v) is 5.45. The van der Waals surface area contributed by atoms with E-state index in [9.17, 15) is 14.7 Å². The van der Waals surface area contributed by atoms with Crippen molar-refractivity contribution in [3.63, 3.8) is 0 Å². The molecular weight excluding hydrogens is 509 g/mol. The topological polar surface area (TPSA) is 84.1 Å². The van der Waals surface area contributed by atoms with Gasteiger partial charge in [-0.3, -0.25) is 9.36 Å². The third-order valence-corrected chi connectivity index (χ3v) is 7.08. The summed E-state index contributed by atoms with van der Waals surface area (Å²) < 4.78 is 7.12. The molecule has 0 amide bonds. The van der Waals surface area contributed by atoms with Gasteiger partial charge in [-0.05, 0) is 49.8 Å². The van der Waals surface area contributed by atoms with Crippen molar-refractivity contribution in [2.75, 3.05) is 25.6 Å². The fourth-order valence-electron chi connectivity index (χ4n) is 3.90. The molecule has 2 heterocycles. The molecule has 0 saturated heterocycles. The molecule has 1 aliphatic rings. The molecule has 35 heavy (non-hydrogen) atoms. The number of aromatic nitrogens is 1. The summed E-state index contributed by atoms with van der Waals surface area (Å²) in [7, 11) is 3.87. The third kappa shape index (κ3) is 4.74. The second-order valence-corrected chi connectivity index (χ2v) is 9.97. The number of thiazole rings is 1. The van der Waals surface area contributed by atoms with Gasteiger partial charge in [-0.2, -0.15) is 0 Å². The quantitative estimate of drug-likeness (QED) is 0.505. The molecule has 10 heteroatoms. The first-order valence-electron chi connectivity index (χ1n) is 10.8. The maximum absolute atomic E-state index is 13.6. The fraction of sp³-hybridized carbons (Fsp3) is 0.240. The molecule has 1 N–H and O–H groups in total. The van der Waals surface area contributed by atoms with E-state index in [0.29, 0.717) is 31.2 Å². The van der Waals surface area contributed by atoms with E-state index in [-0.39, 0.29) is 22.9 Å². The summed E-state index contributed by atoms with van der Waals surface area (Å²) in [6.45, 7) is 3.65. The zero-order valence-electron chi connectivity index (χ0n) is 19.5. The molecule has 3 aromatic rings. The van der Waals surface area contributed by atoms with E-state index in [1.165, 1.54) is 22.8 Å². The van der Waals surface area contributed by atoms with Crippen LogP contribution >= 0.6 is 34.5 Å². The monoisotopic (exact) mass is 531 g/mol. The Morgan fingerprint density at radius 3 is 2.57 bits per heavy atom. The number of ether oxygens (including phenoxy) is 1. The van der Waals surface area contributed by atoms with Crippen LogP contribution in [0.3, 0.4) is 0 Å². The Hall–Kier alpha value is -3.07. The first kappa shape index (κ1) is 25.0. The number of carbonyl (C=O) groups is 1. The van der Waals surface area contributed by atoms with Crippen LogP contribution in [0.4, 0.5) is 5.69 Å². The lowest BCUT2D eigenvalue weighted by atomic mass is 9.95. The van der Waals surface area contributed by atoms with Crippen molar-refractivity contribution in [2.45, 2.75) is 19.9 Å². The van der Waals surface area contributed by atoms with Crippen molar-refractivity contribution in [2.24, 2.45) is 4.99 Å². The maximum atomic E-state index is 13.6. The molecule has 1 aromatic heterocycles. The minimum absolute atomic E-state index is 0.0795. The first-order valence-corrected chi connectivity index (χ1v) is 12.3. The molecule has 1 unspecified atom stereocenters. The highest BCUT2D eigenvalue weighted by Gasteiger charge is 2.33. The van der Waals surface area contributed by atoms with Gasteiger partial charge in [0.1, 0.15) is 5.75 Å². The largest absolute Gasteiger partial charge is 0.506 e. The minimum Gasteiger partial charge on any atom is -0.506 e. The van der Waals surface area contributed by atoms with Crippen LogP contribution in [-0.2, 0) is 9.53 Å². The summed E-state index contributed by atoms with van der Waals surface area (Å²) in [5.41, 5.74) is 2.45. The predicted octanol–water partition coefficient (Wildman–Crippen LogP) is 3.88. The van der Waals surface area contributed by atoms with Crippen molar-refractivity contribution >= 4 is 52.3 Å². The van der Waals surface area contributed by atoms with E-state index in [1.54, 1.807) is 13.8 Å². The number of rotatable bonds is 5. The molecule has 1 aliphatic heterocycles. The van der Waals surface area contributed by atoms with Crippen molar-refractivity contribution in [3.05, 3.63) is 88.5 Å². The van der Waals surface area contributed by atoms with Crippen molar-refractivity contribution < 1.29 is 14.6 Å². The Labute approximate surface area is 215 Å². The first-order chi connectivity index (χ1) is 16.6. The number of benzene rings is 2. The Kier molecular flexibility index (Phi) is 7.07. The van der Waals surface area contributed by atoms with Gasteiger partial charge in [0.15, 0.2) is 4.80 Å². The van der Waals surface area contributed by atoms with Gasteiger partial charge in [0.05, 0.1) is 33.5 Å². The predicted molar refractivity (Wildman–Crippen MR) is 139 cm³/mol. The number of phenolic OH excluding ortho intramolecular Hbond substituents is 1. The standard InChI is InChI=1S/C25H23Cl2N3O4S/c1-5-34-24(33)20-13(2)28-25-30(21(20)14-6-8-17(9-7-14)29(3)4)23(32)19(35-25)11-15-10-16(26)12-18(27)22(15)31/h6-12,21,31H,5H2,1-4H3/b19-11+. The van der Waals surface area contributed by atoms with E-state index in [2.05, 4.69) is 4.99 Å². The smallest absolute Gasteiger partial charge is 0.338 e. The van der Waals surface area contributed by atoms with Gasteiger partial charge in [-0.25, -0.2) is 9.79 Å². The summed E-state index contributed by atoms with van der Waals surface area (Å²) in [5, 5.41) is 10.8. The van der Waals surface area contributed by atoms with E-state index in [1.807, 2.05) is 43.3 Å². The number of halogens is 2. The van der Waals surface area contributed by atoms with Gasteiger partial charge in [-0.15, -0.1) is 0 Å². The summed E-state index contributed by atoms with van der Waals surface area (Å²) in [4.78, 5) is 33.6. The molecule has 0 saturated carbocycles. The van der Waals surface area contributed by atoms with Crippen LogP contribution in [0.5, 0.6) is 5.75 Å². The molecule has 0 spiro atoms. The molecule has 7 nitrogen and oxygen atoms in total. The Morgan fingerprint density at radius 2 is 1.94 bits per heavy atom. The Bertz CT molecular complexity index is 1520. The molecule has 0 bridgehead atoms. The lowest BCUT2D eigenvalue weighted by molar-refractivity contribution is -0.139. The zero-order valence-corrected chi connectivity index (χ0v) is 21.8. The highest BCUT2D eigenvalue weighted by Crippen LogP contribution is 2.33. The van der Waals surface area contributed by atoms with Crippen LogP contribution in [0.15, 0.2) is 57.5 Å². The molecule has 0 fully saturated rings. The summed E-state index contributed by atoms with van der Waals surface area (Å²) in [5.74, 6) is -0.704. The van der Waals surface area contributed by atoms with Crippen molar-refractivity contribution in [1.82, 2.24) is 4.57 Å². The average Bonchev–Trinajstić information content (AvgIpc) is 3.10. The molecular formula is C25H23Cl2N3O4S. The van der Waals surface area contributed by atoms with E-state index < -0.39 is 12.0 Å². The number of nitrogens with zero attached hydrogens (tertiary/aromatic N) is 3. The van der Waals surface area contributed by atoms with E-state index in [4.69, 9.17) is 27.9 Å². The average molecular weight is 532 g/mol. The van der Waals surface area contributed by atoms with Gasteiger partial charge in [-0.1, -0.05) is 46.7 Å². The van der Waals surface area contributed by atoms with Crippen molar-refractivity contribution in [3.8, 4) is 5.75 Å². The van der Waals surface area contributed by atoms with Crippen LogP contribution in [0.1, 0.15) is 31.0 Å². The minimum atomic E-state index is -0.722.